The summed E-state index contributed by atoms with van der Waals surface area (Å²) in [6.07, 6.45) is 0.270. The molecule has 0 aliphatic carbocycles. The van der Waals surface area contributed by atoms with Crippen LogP contribution in [-0.2, 0) is 6.18 Å². The molecule has 0 radical (unpaired) electrons. The van der Waals surface area contributed by atoms with E-state index in [0.29, 0.717) is 5.82 Å². The molecule has 5 nitrogen and oxygen atoms in total. The lowest BCUT2D eigenvalue weighted by molar-refractivity contribution is -0.138. The molecular weight excluding hydrogens is 369 g/mol. The highest BCUT2D eigenvalue weighted by Gasteiger charge is 2.33. The highest BCUT2D eigenvalue weighted by molar-refractivity contribution is 6.08. The maximum absolute atomic E-state index is 13.1. The van der Waals surface area contributed by atoms with Crippen molar-refractivity contribution in [1.82, 2.24) is 9.97 Å². The summed E-state index contributed by atoms with van der Waals surface area (Å²) in [6.45, 7) is 1.33. The number of amides is 1. The molecule has 0 spiro atoms. The van der Waals surface area contributed by atoms with Crippen LogP contribution in [-0.4, -0.2) is 22.9 Å². The second-order valence-corrected chi connectivity index (χ2v) is 6.07. The molecule has 144 valence electrons. The molecular formula is C20H17F3N4O. The lowest BCUT2D eigenvalue weighted by atomic mass is 10.1. The smallest absolute Gasteiger partial charge is 0.329 e. The Morgan fingerprint density at radius 2 is 1.75 bits per heavy atom. The van der Waals surface area contributed by atoms with Crippen LogP contribution in [0.2, 0.25) is 0 Å². The van der Waals surface area contributed by atoms with E-state index in [4.69, 9.17) is 0 Å². The number of pyridine rings is 2. The van der Waals surface area contributed by atoms with E-state index in [1.807, 2.05) is 0 Å². The van der Waals surface area contributed by atoms with Gasteiger partial charge in [-0.25, -0.2) is 4.98 Å². The van der Waals surface area contributed by atoms with Gasteiger partial charge in [0.25, 0.3) is 5.91 Å². The fourth-order valence-corrected chi connectivity index (χ4v) is 2.80. The monoisotopic (exact) mass is 386 g/mol. The molecule has 0 saturated carbocycles. The first kappa shape index (κ1) is 19.3. The molecule has 8 heteroatoms. The predicted molar refractivity (Wildman–Crippen MR) is 101 cm³/mol. The summed E-state index contributed by atoms with van der Waals surface area (Å²) in [4.78, 5) is 22.7. The topological polar surface area (TPSA) is 58.1 Å². The van der Waals surface area contributed by atoms with Crippen molar-refractivity contribution in [2.75, 3.05) is 17.3 Å². The quantitative estimate of drug-likeness (QED) is 0.698. The van der Waals surface area contributed by atoms with Gasteiger partial charge in [0.1, 0.15) is 5.82 Å². The van der Waals surface area contributed by atoms with E-state index in [0.717, 1.165) is 11.8 Å². The van der Waals surface area contributed by atoms with Crippen LogP contribution in [0.25, 0.3) is 0 Å². The van der Waals surface area contributed by atoms with Gasteiger partial charge in [0.2, 0.25) is 0 Å². The number of nitrogens with zero attached hydrogens (tertiary/aromatic N) is 3. The Labute approximate surface area is 159 Å². The lowest BCUT2D eigenvalue weighted by Crippen LogP contribution is -2.20. The molecule has 0 aliphatic rings. The molecule has 2 aromatic heterocycles. The van der Waals surface area contributed by atoms with Crippen LogP contribution in [0.3, 0.4) is 0 Å². The Bertz CT molecular complexity index is 990. The van der Waals surface area contributed by atoms with Crippen LogP contribution in [0, 0.1) is 6.92 Å². The number of hydrogen-bond donors (Lipinski definition) is 1. The van der Waals surface area contributed by atoms with Crippen LogP contribution in [0.1, 0.15) is 21.5 Å². The van der Waals surface area contributed by atoms with Gasteiger partial charge in [0, 0.05) is 37.0 Å². The van der Waals surface area contributed by atoms with Crippen molar-refractivity contribution < 1.29 is 18.0 Å². The molecule has 1 aromatic carbocycles. The number of anilines is 3. The van der Waals surface area contributed by atoms with Crippen LogP contribution in [0.15, 0.2) is 61.1 Å². The molecule has 3 rings (SSSR count). The van der Waals surface area contributed by atoms with E-state index in [1.165, 1.54) is 19.1 Å². The molecule has 0 bridgehead atoms. The zero-order valence-electron chi connectivity index (χ0n) is 15.2. The Hall–Kier alpha value is -3.42. The van der Waals surface area contributed by atoms with Gasteiger partial charge in [-0.3, -0.25) is 9.78 Å². The number of rotatable bonds is 4. The van der Waals surface area contributed by atoms with Gasteiger partial charge in [-0.05, 0) is 48.9 Å². The van der Waals surface area contributed by atoms with E-state index in [1.54, 1.807) is 54.8 Å². The van der Waals surface area contributed by atoms with Crippen molar-refractivity contribution in [2.24, 2.45) is 0 Å². The minimum atomic E-state index is -4.49. The van der Waals surface area contributed by atoms with Crippen LogP contribution >= 0.6 is 0 Å². The van der Waals surface area contributed by atoms with Crippen molar-refractivity contribution >= 4 is 23.1 Å². The fourth-order valence-electron chi connectivity index (χ4n) is 2.80. The van der Waals surface area contributed by atoms with Crippen molar-refractivity contribution in [3.8, 4) is 0 Å². The Kier molecular flexibility index (Phi) is 5.30. The molecule has 28 heavy (non-hydrogen) atoms. The van der Waals surface area contributed by atoms with Crippen molar-refractivity contribution in [3.05, 3.63) is 77.7 Å². The first-order valence-corrected chi connectivity index (χ1v) is 8.36. The molecule has 2 heterocycles. The van der Waals surface area contributed by atoms with Gasteiger partial charge >= 0.3 is 6.18 Å². The lowest BCUT2D eigenvalue weighted by Gasteiger charge is -2.21. The molecule has 3 aromatic rings. The number of nitrogens with one attached hydrogen (secondary N) is 1. The molecule has 1 N–H and O–H groups in total. The second-order valence-electron chi connectivity index (χ2n) is 6.07. The van der Waals surface area contributed by atoms with E-state index >= 15 is 0 Å². The largest absolute Gasteiger partial charge is 0.416 e. The highest BCUT2D eigenvalue weighted by Crippen LogP contribution is 2.35. The fraction of sp³-hybridized carbons (Fsp3) is 0.150. The normalized spacial score (nSPS) is 11.2. The van der Waals surface area contributed by atoms with E-state index in [2.05, 4.69) is 15.3 Å². The number of benzene rings is 1. The minimum absolute atomic E-state index is 0.0451. The molecule has 0 aliphatic heterocycles. The summed E-state index contributed by atoms with van der Waals surface area (Å²) in [6, 6.07) is 10.4. The first-order valence-electron chi connectivity index (χ1n) is 8.36. The van der Waals surface area contributed by atoms with Crippen molar-refractivity contribution in [1.29, 1.82) is 0 Å². The Morgan fingerprint density at radius 1 is 1.04 bits per heavy atom. The summed E-state index contributed by atoms with van der Waals surface area (Å²) in [7, 11) is 1.74. The van der Waals surface area contributed by atoms with Crippen molar-refractivity contribution in [2.45, 2.75) is 13.1 Å². The van der Waals surface area contributed by atoms with Gasteiger partial charge in [-0.15, -0.1) is 0 Å². The summed E-state index contributed by atoms with van der Waals surface area (Å²) in [5, 5.41) is 2.57. The predicted octanol–water partition coefficient (Wildman–Crippen LogP) is 4.82. The summed E-state index contributed by atoms with van der Waals surface area (Å²) in [5.41, 5.74) is 0.264. The molecule has 1 amide bonds. The third-order valence-electron chi connectivity index (χ3n) is 4.29. The molecule has 0 fully saturated rings. The number of halogens is 3. The van der Waals surface area contributed by atoms with Crippen LogP contribution in [0.5, 0.6) is 0 Å². The highest BCUT2D eigenvalue weighted by atomic mass is 19.4. The third kappa shape index (κ3) is 3.95. The minimum Gasteiger partial charge on any atom is -0.329 e. The number of aromatic nitrogens is 2. The number of carbonyl (C=O) groups is 1. The van der Waals surface area contributed by atoms with Gasteiger partial charge in [-0.1, -0.05) is 6.07 Å². The average Bonchev–Trinajstić information content (AvgIpc) is 2.68. The molecule has 0 saturated heterocycles. The number of carbonyl (C=O) groups excluding carboxylic acids is 1. The van der Waals surface area contributed by atoms with Gasteiger partial charge in [0.15, 0.2) is 0 Å². The Balaban J connectivity index is 1.93. The maximum atomic E-state index is 13.1. The van der Waals surface area contributed by atoms with E-state index < -0.39 is 17.6 Å². The Morgan fingerprint density at radius 3 is 2.43 bits per heavy atom. The maximum Gasteiger partial charge on any atom is 0.416 e. The summed E-state index contributed by atoms with van der Waals surface area (Å²) < 4.78 is 39.3. The van der Waals surface area contributed by atoms with E-state index in [-0.39, 0.29) is 16.8 Å². The molecule has 0 atom stereocenters. The molecule has 0 unspecified atom stereocenters. The zero-order chi connectivity index (χ0) is 20.3. The van der Waals surface area contributed by atoms with Gasteiger partial charge in [0.05, 0.1) is 11.1 Å². The second kappa shape index (κ2) is 7.67. The number of alkyl halides is 3. The average molecular weight is 386 g/mol. The summed E-state index contributed by atoms with van der Waals surface area (Å²) >= 11 is 0. The van der Waals surface area contributed by atoms with Gasteiger partial charge < -0.3 is 10.2 Å². The first-order chi connectivity index (χ1) is 13.3. The number of hydrogen-bond acceptors (Lipinski definition) is 4. The SMILES string of the molecule is Cc1c(NC(=O)c2cccnc2N(C)c2ccncc2)cccc1C(F)(F)F. The van der Waals surface area contributed by atoms with Crippen molar-refractivity contribution in [3.63, 3.8) is 0 Å². The van der Waals surface area contributed by atoms with Crippen LogP contribution in [0.4, 0.5) is 30.4 Å². The van der Waals surface area contributed by atoms with Gasteiger partial charge in [-0.2, -0.15) is 13.2 Å². The summed E-state index contributed by atoms with van der Waals surface area (Å²) in [5.74, 6) is -0.178. The van der Waals surface area contributed by atoms with Crippen LogP contribution < -0.4 is 10.2 Å². The third-order valence-corrected chi connectivity index (χ3v) is 4.29. The van der Waals surface area contributed by atoms with E-state index in [9.17, 15) is 18.0 Å². The standard InChI is InChI=1S/C20H17F3N4O/c1-13-16(20(21,22)23)6-3-7-17(13)26-19(28)15-5-4-10-25-18(15)27(2)14-8-11-24-12-9-14/h3-12H,1-2H3,(H,26,28). The zero-order valence-corrected chi connectivity index (χ0v) is 15.2.